The van der Waals surface area contributed by atoms with E-state index in [1.807, 2.05) is 62.4 Å². The number of H-pyrrole nitrogens is 2. The average molecular weight is 492 g/mol. The van der Waals surface area contributed by atoms with Gasteiger partial charge in [-0.1, -0.05) is 0 Å². The minimum atomic E-state index is -0.151. The van der Waals surface area contributed by atoms with Crippen molar-refractivity contribution in [2.45, 2.75) is 19.6 Å². The third-order valence-corrected chi connectivity index (χ3v) is 6.67. The van der Waals surface area contributed by atoms with Gasteiger partial charge >= 0.3 is 0 Å². The van der Waals surface area contributed by atoms with Crippen molar-refractivity contribution in [3.63, 3.8) is 0 Å². The minimum absolute atomic E-state index is 0.151. The molecule has 0 radical (unpaired) electrons. The van der Waals surface area contributed by atoms with Gasteiger partial charge in [0.05, 0.1) is 43.2 Å². The highest BCUT2D eigenvalue weighted by atomic mass is 32.2. The van der Waals surface area contributed by atoms with Crippen molar-refractivity contribution in [1.82, 2.24) is 19.7 Å². The minimum Gasteiger partial charge on any atom is -0.497 e. The molecule has 35 heavy (non-hydrogen) atoms. The maximum absolute atomic E-state index is 13.5. The zero-order chi connectivity index (χ0) is 24.8. The second-order valence-corrected chi connectivity index (χ2v) is 9.03. The van der Waals surface area contributed by atoms with Gasteiger partial charge in [0.15, 0.2) is 0 Å². The molecule has 2 aromatic carbocycles. The van der Waals surface area contributed by atoms with Gasteiger partial charge in [-0.15, -0.1) is 0 Å². The molecular formula is C26H29N5O3S. The lowest BCUT2D eigenvalue weighted by atomic mass is 10.1. The van der Waals surface area contributed by atoms with Crippen molar-refractivity contribution >= 4 is 17.5 Å². The van der Waals surface area contributed by atoms with Gasteiger partial charge in [0, 0.05) is 35.0 Å². The Kier molecular flexibility index (Phi) is 7.77. The van der Waals surface area contributed by atoms with Crippen LogP contribution in [0.3, 0.4) is 0 Å². The van der Waals surface area contributed by atoms with Gasteiger partial charge in [-0.25, -0.2) is 9.67 Å². The number of ether oxygens (including phenoxy) is 2. The summed E-state index contributed by atoms with van der Waals surface area (Å²) in [5.41, 5.74) is 5.56. The van der Waals surface area contributed by atoms with Crippen LogP contribution in [0.15, 0.2) is 64.6 Å². The molecule has 0 saturated heterocycles. The molecule has 9 heteroatoms. The third kappa shape index (κ3) is 5.51. The average Bonchev–Trinajstić information content (AvgIpc) is 3.46. The molecule has 4 aromatic rings. The number of thioether (sulfide) groups is 1. The van der Waals surface area contributed by atoms with Crippen LogP contribution in [0, 0.1) is 6.92 Å². The predicted octanol–water partition coefficient (Wildman–Crippen LogP) is 4.62. The first kappa shape index (κ1) is 24.4. The normalized spacial score (nSPS) is 11.6. The summed E-state index contributed by atoms with van der Waals surface area (Å²) in [6.45, 7) is 4.51. The van der Waals surface area contributed by atoms with Crippen molar-refractivity contribution < 1.29 is 9.47 Å². The van der Waals surface area contributed by atoms with Gasteiger partial charge in [-0.05, 0) is 62.4 Å². The van der Waals surface area contributed by atoms with Crippen LogP contribution in [-0.4, -0.2) is 52.0 Å². The van der Waals surface area contributed by atoms with Crippen LogP contribution in [0.2, 0.25) is 0 Å². The highest BCUT2D eigenvalue weighted by molar-refractivity contribution is 7.98. The number of imidazole rings is 1. The van der Waals surface area contributed by atoms with Crippen LogP contribution in [0.5, 0.6) is 11.5 Å². The van der Waals surface area contributed by atoms with Crippen molar-refractivity contribution in [3.05, 3.63) is 82.2 Å². The Balaban J connectivity index is 1.62. The molecule has 0 aliphatic rings. The highest BCUT2D eigenvalue weighted by Gasteiger charge is 2.19. The molecule has 0 bridgehead atoms. The van der Waals surface area contributed by atoms with Gasteiger partial charge in [-0.3, -0.25) is 14.9 Å². The largest absolute Gasteiger partial charge is 0.497 e. The summed E-state index contributed by atoms with van der Waals surface area (Å²) in [4.78, 5) is 25.7. The molecule has 2 heterocycles. The number of nitrogens with zero attached hydrogens (tertiary/aromatic N) is 3. The fourth-order valence-corrected chi connectivity index (χ4v) is 4.56. The number of rotatable bonds is 10. The lowest BCUT2D eigenvalue weighted by Crippen LogP contribution is -2.19. The van der Waals surface area contributed by atoms with E-state index in [0.29, 0.717) is 17.8 Å². The summed E-state index contributed by atoms with van der Waals surface area (Å²) in [5, 5.41) is 3.29. The van der Waals surface area contributed by atoms with E-state index in [-0.39, 0.29) is 5.56 Å². The van der Waals surface area contributed by atoms with Crippen LogP contribution in [0.1, 0.15) is 23.9 Å². The van der Waals surface area contributed by atoms with Gasteiger partial charge in [0.25, 0.3) is 5.56 Å². The maximum atomic E-state index is 13.5. The molecule has 0 aliphatic carbocycles. The van der Waals surface area contributed by atoms with Crippen molar-refractivity contribution in [3.8, 4) is 28.4 Å². The lowest BCUT2D eigenvalue weighted by molar-refractivity contribution is 0.414. The van der Waals surface area contributed by atoms with Gasteiger partial charge in [0.2, 0.25) is 0 Å². The monoisotopic (exact) mass is 491 g/mol. The summed E-state index contributed by atoms with van der Waals surface area (Å²) in [6.07, 6.45) is 1.72. The van der Waals surface area contributed by atoms with Crippen LogP contribution in [0.4, 0.5) is 0 Å². The topological polar surface area (TPSA) is 97.3 Å². The van der Waals surface area contributed by atoms with Crippen molar-refractivity contribution in [2.75, 3.05) is 26.5 Å². The van der Waals surface area contributed by atoms with E-state index >= 15 is 0 Å². The highest BCUT2D eigenvalue weighted by Crippen LogP contribution is 2.25. The van der Waals surface area contributed by atoms with Crippen molar-refractivity contribution in [2.24, 2.45) is 4.99 Å². The Morgan fingerprint density at radius 3 is 2.31 bits per heavy atom. The Labute approximate surface area is 208 Å². The lowest BCUT2D eigenvalue weighted by Gasteiger charge is -2.05. The van der Waals surface area contributed by atoms with E-state index in [4.69, 9.17) is 14.5 Å². The molecule has 0 unspecified atom stereocenters. The molecule has 0 amide bonds. The number of aliphatic imine (C=N–C) groups is 1. The van der Waals surface area contributed by atoms with E-state index in [1.54, 1.807) is 37.0 Å². The van der Waals surface area contributed by atoms with E-state index in [2.05, 4.69) is 15.1 Å². The smallest absolute Gasteiger partial charge is 0.280 e. The molecule has 0 atom stereocenters. The molecule has 0 fully saturated rings. The molecule has 0 spiro atoms. The number of methoxy groups -OCH3 is 2. The van der Waals surface area contributed by atoms with Crippen LogP contribution >= 0.6 is 11.8 Å². The molecule has 2 N–H and O–H groups in total. The molecule has 4 rings (SSSR count). The Morgan fingerprint density at radius 1 is 1.06 bits per heavy atom. The summed E-state index contributed by atoms with van der Waals surface area (Å²) in [5.74, 6) is 3.14. The molecule has 0 saturated carbocycles. The number of nitrogens with one attached hydrogen (secondary N) is 2. The fourth-order valence-electron chi connectivity index (χ4n) is 3.71. The number of hydrogen-bond donors (Lipinski definition) is 2. The quantitative estimate of drug-likeness (QED) is 0.249. The Hall–Kier alpha value is -3.72. The Bertz CT molecular complexity index is 1350. The fraction of sp³-hybridized carbons (Fsp3) is 0.269. The molecular weight excluding hydrogens is 462 g/mol. The molecule has 2 aromatic heterocycles. The first-order valence-corrected chi connectivity index (χ1v) is 12.4. The third-order valence-electron chi connectivity index (χ3n) is 5.72. The van der Waals surface area contributed by atoms with Crippen LogP contribution in [0.25, 0.3) is 16.9 Å². The first-order chi connectivity index (χ1) is 17.0. The second kappa shape index (κ2) is 11.1. The SMILES string of the molecule is COc1ccc(-c2[nH]n(-c3ccc(OC)cc3)c(=O)c2C(C)=NCCSCc2nc[nH]c2C)cc1. The first-order valence-electron chi connectivity index (χ1n) is 11.2. The van der Waals surface area contributed by atoms with E-state index in [9.17, 15) is 4.79 Å². The number of aromatic nitrogens is 4. The number of aromatic amines is 2. The maximum Gasteiger partial charge on any atom is 0.280 e. The van der Waals surface area contributed by atoms with Crippen molar-refractivity contribution in [1.29, 1.82) is 0 Å². The van der Waals surface area contributed by atoms with Gasteiger partial charge < -0.3 is 14.5 Å². The van der Waals surface area contributed by atoms with E-state index in [1.165, 1.54) is 0 Å². The van der Waals surface area contributed by atoms with E-state index in [0.717, 1.165) is 51.3 Å². The zero-order valence-corrected chi connectivity index (χ0v) is 21.1. The Morgan fingerprint density at radius 2 is 1.71 bits per heavy atom. The summed E-state index contributed by atoms with van der Waals surface area (Å²) in [6, 6.07) is 15.0. The zero-order valence-electron chi connectivity index (χ0n) is 20.3. The molecule has 182 valence electrons. The summed E-state index contributed by atoms with van der Waals surface area (Å²) < 4.78 is 12.1. The van der Waals surface area contributed by atoms with Crippen LogP contribution < -0.4 is 15.0 Å². The predicted molar refractivity (Wildman–Crippen MR) is 141 cm³/mol. The van der Waals surface area contributed by atoms with Gasteiger partial charge in [0.1, 0.15) is 11.5 Å². The standard InChI is InChI=1S/C26H29N5O3S/c1-17-23(29-16-28-17)15-35-14-13-27-18(2)24-25(19-5-9-21(33-3)10-6-19)30-31(26(24)32)20-7-11-22(34-4)12-8-20/h5-12,16,30H,13-15H2,1-4H3,(H,28,29). The molecule has 8 nitrogen and oxygen atoms in total. The number of aryl methyl sites for hydroxylation is 1. The van der Waals surface area contributed by atoms with Crippen LogP contribution in [-0.2, 0) is 5.75 Å². The number of benzene rings is 2. The summed E-state index contributed by atoms with van der Waals surface area (Å²) in [7, 11) is 3.24. The second-order valence-electron chi connectivity index (χ2n) is 7.92. The van der Waals surface area contributed by atoms with Gasteiger partial charge in [-0.2, -0.15) is 11.8 Å². The summed E-state index contributed by atoms with van der Waals surface area (Å²) >= 11 is 1.77. The van der Waals surface area contributed by atoms with E-state index < -0.39 is 0 Å². The number of hydrogen-bond acceptors (Lipinski definition) is 6. The molecule has 0 aliphatic heterocycles.